The third kappa shape index (κ3) is 4.28. The number of nitrogens with zero attached hydrogens (tertiary/aromatic N) is 2. The van der Waals surface area contributed by atoms with Gasteiger partial charge in [-0.3, -0.25) is 24.6 Å². The van der Waals surface area contributed by atoms with E-state index in [2.05, 4.69) is 17.6 Å². The average Bonchev–Trinajstić information content (AvgIpc) is 2.74. The van der Waals surface area contributed by atoms with Crippen LogP contribution in [-0.4, -0.2) is 72.8 Å². The van der Waals surface area contributed by atoms with E-state index >= 15 is 0 Å². The normalized spacial score (nSPS) is 23.9. The number of rotatable bonds is 4. The number of piperazine rings is 1. The van der Waals surface area contributed by atoms with Crippen molar-refractivity contribution in [2.45, 2.75) is 25.8 Å². The molecular formula is C13H22N4O3. The highest BCUT2D eigenvalue weighted by molar-refractivity contribution is 5.98. The number of hydrogen-bond donors (Lipinski definition) is 2. The summed E-state index contributed by atoms with van der Waals surface area (Å²) in [7, 11) is 0. The first-order valence-electron chi connectivity index (χ1n) is 7.11. The van der Waals surface area contributed by atoms with E-state index in [1.54, 1.807) is 0 Å². The molecule has 0 bridgehead atoms. The fraction of sp³-hybridized carbons (Fsp3) is 0.769. The Hall–Kier alpha value is -1.47. The van der Waals surface area contributed by atoms with Crippen LogP contribution in [0.2, 0.25) is 0 Å². The number of carbonyl (C=O) groups excluding carboxylic acids is 3. The molecule has 7 nitrogen and oxygen atoms in total. The highest BCUT2D eigenvalue weighted by Gasteiger charge is 2.24. The molecule has 0 spiro atoms. The maximum atomic E-state index is 11.8. The topological polar surface area (TPSA) is 81.8 Å². The fourth-order valence-corrected chi connectivity index (χ4v) is 2.64. The summed E-state index contributed by atoms with van der Waals surface area (Å²) >= 11 is 0. The van der Waals surface area contributed by atoms with Crippen molar-refractivity contribution in [1.82, 2.24) is 20.4 Å². The molecule has 20 heavy (non-hydrogen) atoms. The molecule has 2 aliphatic heterocycles. The van der Waals surface area contributed by atoms with Gasteiger partial charge in [-0.2, -0.15) is 0 Å². The fourth-order valence-electron chi connectivity index (χ4n) is 2.64. The molecule has 0 aromatic heterocycles. The Labute approximate surface area is 118 Å². The second-order valence-electron chi connectivity index (χ2n) is 5.48. The van der Waals surface area contributed by atoms with Crippen LogP contribution in [0.3, 0.4) is 0 Å². The predicted molar refractivity (Wildman–Crippen MR) is 72.9 cm³/mol. The van der Waals surface area contributed by atoms with Crippen molar-refractivity contribution in [2.75, 3.05) is 39.3 Å². The van der Waals surface area contributed by atoms with Crippen LogP contribution in [0.5, 0.6) is 0 Å². The van der Waals surface area contributed by atoms with E-state index < -0.39 is 5.91 Å². The molecule has 0 aliphatic carbocycles. The molecule has 0 aromatic carbocycles. The first-order chi connectivity index (χ1) is 9.54. The van der Waals surface area contributed by atoms with Gasteiger partial charge in [-0.05, 0) is 13.3 Å². The van der Waals surface area contributed by atoms with Gasteiger partial charge in [-0.1, -0.05) is 0 Å². The van der Waals surface area contributed by atoms with Gasteiger partial charge in [0.05, 0.1) is 13.1 Å². The largest absolute Gasteiger partial charge is 0.333 e. The van der Waals surface area contributed by atoms with Crippen LogP contribution in [0.15, 0.2) is 0 Å². The Morgan fingerprint density at radius 2 is 2.05 bits per heavy atom. The van der Waals surface area contributed by atoms with E-state index in [0.29, 0.717) is 19.0 Å². The van der Waals surface area contributed by atoms with Gasteiger partial charge in [-0.15, -0.1) is 0 Å². The Balaban J connectivity index is 1.70. The lowest BCUT2D eigenvalue weighted by Gasteiger charge is -2.31. The lowest BCUT2D eigenvalue weighted by molar-refractivity contribution is -0.136. The summed E-state index contributed by atoms with van der Waals surface area (Å²) in [6.45, 7) is 5.34. The molecule has 7 heteroatoms. The zero-order chi connectivity index (χ0) is 14.5. The standard InChI is InChI=1S/C13H22N4O3/c1-10-7-16(6-4-14-10)8-11(18)15-12(19)9-17-5-2-3-13(17)20/h10,14H,2-9H2,1H3,(H,15,18,19). The van der Waals surface area contributed by atoms with E-state index in [4.69, 9.17) is 0 Å². The van der Waals surface area contributed by atoms with Gasteiger partial charge >= 0.3 is 0 Å². The number of imide groups is 1. The highest BCUT2D eigenvalue weighted by Crippen LogP contribution is 2.08. The summed E-state index contributed by atoms with van der Waals surface area (Å²) in [5, 5.41) is 5.65. The molecule has 2 N–H and O–H groups in total. The minimum absolute atomic E-state index is 0.0106. The molecule has 2 fully saturated rings. The first kappa shape index (κ1) is 14.9. The van der Waals surface area contributed by atoms with Gasteiger partial charge in [0.15, 0.2) is 0 Å². The van der Waals surface area contributed by atoms with Crippen molar-refractivity contribution in [3.05, 3.63) is 0 Å². The van der Waals surface area contributed by atoms with Crippen molar-refractivity contribution >= 4 is 17.7 Å². The Kier molecular flexibility index (Phi) is 5.08. The number of likely N-dealkylation sites (tertiary alicyclic amines) is 1. The summed E-state index contributed by atoms with van der Waals surface area (Å²) in [5.74, 6) is -0.701. The molecule has 2 saturated heterocycles. The molecule has 1 atom stereocenters. The van der Waals surface area contributed by atoms with Crippen LogP contribution in [0, 0.1) is 0 Å². The monoisotopic (exact) mass is 282 g/mol. The summed E-state index contributed by atoms with van der Waals surface area (Å²) in [6, 6.07) is 0.356. The number of hydrogen-bond acceptors (Lipinski definition) is 5. The minimum Gasteiger partial charge on any atom is -0.333 e. The molecule has 0 saturated carbocycles. The average molecular weight is 282 g/mol. The first-order valence-corrected chi connectivity index (χ1v) is 7.11. The number of carbonyl (C=O) groups is 3. The van der Waals surface area contributed by atoms with E-state index in [1.165, 1.54) is 4.90 Å². The highest BCUT2D eigenvalue weighted by atomic mass is 16.2. The SMILES string of the molecule is CC1CN(CC(=O)NC(=O)CN2CCCC2=O)CCN1. The third-order valence-electron chi connectivity index (χ3n) is 3.60. The summed E-state index contributed by atoms with van der Waals surface area (Å²) < 4.78 is 0. The second kappa shape index (κ2) is 6.81. The van der Waals surface area contributed by atoms with Gasteiger partial charge in [0.2, 0.25) is 17.7 Å². The molecule has 0 aromatic rings. The van der Waals surface area contributed by atoms with E-state index in [1.807, 2.05) is 4.90 Å². The van der Waals surface area contributed by atoms with Crippen LogP contribution in [-0.2, 0) is 14.4 Å². The van der Waals surface area contributed by atoms with Gasteiger partial charge < -0.3 is 10.2 Å². The molecule has 0 radical (unpaired) electrons. The van der Waals surface area contributed by atoms with Crippen molar-refractivity contribution in [2.24, 2.45) is 0 Å². The maximum Gasteiger partial charge on any atom is 0.246 e. The van der Waals surface area contributed by atoms with Crippen LogP contribution in [0.1, 0.15) is 19.8 Å². The zero-order valence-electron chi connectivity index (χ0n) is 11.9. The molecular weight excluding hydrogens is 260 g/mol. The van der Waals surface area contributed by atoms with Gasteiger partial charge in [0.1, 0.15) is 0 Å². The van der Waals surface area contributed by atoms with Crippen molar-refractivity contribution < 1.29 is 14.4 Å². The Morgan fingerprint density at radius 1 is 1.30 bits per heavy atom. The summed E-state index contributed by atoms with van der Waals surface area (Å²) in [5.41, 5.74) is 0. The van der Waals surface area contributed by atoms with E-state index in [9.17, 15) is 14.4 Å². The van der Waals surface area contributed by atoms with Crippen LogP contribution >= 0.6 is 0 Å². The molecule has 2 rings (SSSR count). The lowest BCUT2D eigenvalue weighted by Crippen LogP contribution is -2.52. The number of nitrogens with one attached hydrogen (secondary N) is 2. The van der Waals surface area contributed by atoms with Crippen LogP contribution < -0.4 is 10.6 Å². The molecule has 112 valence electrons. The van der Waals surface area contributed by atoms with E-state index in [0.717, 1.165) is 26.1 Å². The summed E-state index contributed by atoms with van der Waals surface area (Å²) in [4.78, 5) is 38.4. The lowest BCUT2D eigenvalue weighted by atomic mass is 10.2. The predicted octanol–water partition coefficient (Wildman–Crippen LogP) is -1.45. The Morgan fingerprint density at radius 3 is 2.70 bits per heavy atom. The van der Waals surface area contributed by atoms with Crippen LogP contribution in [0.4, 0.5) is 0 Å². The van der Waals surface area contributed by atoms with Gasteiger partial charge in [0.25, 0.3) is 0 Å². The molecule has 3 amide bonds. The molecule has 1 unspecified atom stereocenters. The van der Waals surface area contributed by atoms with Gasteiger partial charge in [0, 0.05) is 38.6 Å². The van der Waals surface area contributed by atoms with Gasteiger partial charge in [-0.25, -0.2) is 0 Å². The van der Waals surface area contributed by atoms with E-state index in [-0.39, 0.29) is 24.9 Å². The molecule has 2 heterocycles. The molecule has 2 aliphatic rings. The minimum atomic E-state index is -0.395. The number of amides is 3. The zero-order valence-corrected chi connectivity index (χ0v) is 11.9. The third-order valence-corrected chi connectivity index (χ3v) is 3.60. The van der Waals surface area contributed by atoms with Crippen molar-refractivity contribution in [3.8, 4) is 0 Å². The second-order valence-corrected chi connectivity index (χ2v) is 5.48. The van der Waals surface area contributed by atoms with Crippen molar-refractivity contribution in [3.63, 3.8) is 0 Å². The summed E-state index contributed by atoms with van der Waals surface area (Å²) in [6.07, 6.45) is 1.29. The van der Waals surface area contributed by atoms with Crippen molar-refractivity contribution in [1.29, 1.82) is 0 Å². The quantitative estimate of drug-likeness (QED) is 0.659. The maximum absolute atomic E-state index is 11.8. The Bertz CT molecular complexity index is 399. The smallest absolute Gasteiger partial charge is 0.246 e. The van der Waals surface area contributed by atoms with Crippen LogP contribution in [0.25, 0.3) is 0 Å².